The van der Waals surface area contributed by atoms with Crippen molar-refractivity contribution in [3.05, 3.63) is 17.3 Å². The first kappa shape index (κ1) is 11.6. The molecule has 2 heterocycles. The maximum Gasteiger partial charge on any atom is 0.201 e. The number of rotatable bonds is 2. The molecule has 2 N–H and O–H groups in total. The number of hydrogen-bond donors (Lipinski definition) is 1. The minimum atomic E-state index is -2.94. The van der Waals surface area contributed by atoms with Crippen molar-refractivity contribution >= 4 is 9.84 Å². The smallest absolute Gasteiger partial charge is 0.201 e. The molecule has 1 aliphatic heterocycles. The standard InChI is InChI=1S/C10H16N2O3S/c1-7-8(5-11)15-9(12-7)10(2)3-4-16(13,14)6-10/h3-6,11H2,1-2H3. The Morgan fingerprint density at radius 2 is 2.25 bits per heavy atom. The van der Waals surface area contributed by atoms with E-state index in [0.29, 0.717) is 24.6 Å². The lowest BCUT2D eigenvalue weighted by Crippen LogP contribution is -2.23. The highest BCUT2D eigenvalue weighted by atomic mass is 32.2. The van der Waals surface area contributed by atoms with Gasteiger partial charge in [-0.25, -0.2) is 13.4 Å². The average molecular weight is 244 g/mol. The van der Waals surface area contributed by atoms with Crippen LogP contribution in [0, 0.1) is 6.92 Å². The summed E-state index contributed by atoms with van der Waals surface area (Å²) in [4.78, 5) is 4.29. The molecule has 1 atom stereocenters. The molecule has 6 heteroatoms. The first-order chi connectivity index (χ1) is 7.36. The Morgan fingerprint density at radius 1 is 1.56 bits per heavy atom. The Morgan fingerprint density at radius 3 is 2.69 bits per heavy atom. The first-order valence-corrected chi connectivity index (χ1v) is 7.06. The zero-order chi connectivity index (χ0) is 12.0. The number of nitrogens with two attached hydrogens (primary N) is 1. The lowest BCUT2D eigenvalue weighted by atomic mass is 9.90. The van der Waals surface area contributed by atoms with Gasteiger partial charge in [0.2, 0.25) is 5.89 Å². The molecule has 0 spiro atoms. The van der Waals surface area contributed by atoms with E-state index in [4.69, 9.17) is 10.2 Å². The van der Waals surface area contributed by atoms with Gasteiger partial charge in [0, 0.05) is 0 Å². The molecular formula is C10H16N2O3S. The predicted octanol–water partition coefficient (Wildman–Crippen LogP) is 0.518. The topological polar surface area (TPSA) is 86.2 Å². The molecule has 1 aromatic rings. The Balaban J connectivity index is 2.37. The summed E-state index contributed by atoms with van der Waals surface area (Å²) < 4.78 is 28.5. The Bertz CT molecular complexity index is 506. The van der Waals surface area contributed by atoms with Crippen molar-refractivity contribution in [2.24, 2.45) is 5.73 Å². The monoisotopic (exact) mass is 244 g/mol. The molecule has 16 heavy (non-hydrogen) atoms. The second-order valence-corrected chi connectivity index (χ2v) is 6.82. The summed E-state index contributed by atoms with van der Waals surface area (Å²) in [6.07, 6.45) is 0.569. The Hall–Kier alpha value is -0.880. The quantitative estimate of drug-likeness (QED) is 0.819. The molecule has 0 aliphatic carbocycles. The van der Waals surface area contributed by atoms with E-state index in [1.807, 2.05) is 13.8 Å². The fraction of sp³-hybridized carbons (Fsp3) is 0.700. The van der Waals surface area contributed by atoms with Gasteiger partial charge in [0.25, 0.3) is 0 Å². The molecule has 1 aromatic heterocycles. The van der Waals surface area contributed by atoms with Crippen molar-refractivity contribution in [3.63, 3.8) is 0 Å². The molecule has 0 radical (unpaired) electrons. The van der Waals surface area contributed by atoms with Crippen LogP contribution in [0.25, 0.3) is 0 Å². The highest BCUT2D eigenvalue weighted by Crippen LogP contribution is 2.35. The van der Waals surface area contributed by atoms with Crippen LogP contribution >= 0.6 is 0 Å². The third-order valence-corrected chi connectivity index (χ3v) is 5.00. The molecular weight excluding hydrogens is 228 g/mol. The minimum Gasteiger partial charge on any atom is -0.443 e. The van der Waals surface area contributed by atoms with Crippen molar-refractivity contribution in [1.29, 1.82) is 0 Å². The first-order valence-electron chi connectivity index (χ1n) is 5.24. The molecule has 0 aromatic carbocycles. The van der Waals surface area contributed by atoms with Crippen LogP contribution in [0.5, 0.6) is 0 Å². The van der Waals surface area contributed by atoms with Crippen molar-refractivity contribution < 1.29 is 12.8 Å². The van der Waals surface area contributed by atoms with Crippen LogP contribution in [0.1, 0.15) is 30.7 Å². The third-order valence-electron chi connectivity index (χ3n) is 3.10. The molecule has 0 saturated carbocycles. The highest BCUT2D eigenvalue weighted by Gasteiger charge is 2.43. The van der Waals surface area contributed by atoms with Gasteiger partial charge >= 0.3 is 0 Å². The van der Waals surface area contributed by atoms with Gasteiger partial charge in [-0.3, -0.25) is 0 Å². The lowest BCUT2D eigenvalue weighted by molar-refractivity contribution is 0.358. The second kappa shape index (κ2) is 3.56. The summed E-state index contributed by atoms with van der Waals surface area (Å²) in [5, 5.41) is 0. The molecule has 90 valence electrons. The summed E-state index contributed by atoms with van der Waals surface area (Å²) in [7, 11) is -2.94. The highest BCUT2D eigenvalue weighted by molar-refractivity contribution is 7.91. The van der Waals surface area contributed by atoms with E-state index < -0.39 is 15.3 Å². The van der Waals surface area contributed by atoms with E-state index in [-0.39, 0.29) is 11.5 Å². The van der Waals surface area contributed by atoms with Crippen molar-refractivity contribution in [3.8, 4) is 0 Å². The van der Waals surface area contributed by atoms with Gasteiger partial charge in [-0.05, 0) is 20.3 Å². The Labute approximate surface area is 95.0 Å². The maximum absolute atomic E-state index is 11.5. The molecule has 1 saturated heterocycles. The summed E-state index contributed by atoms with van der Waals surface area (Å²) in [6.45, 7) is 3.99. The fourth-order valence-electron chi connectivity index (χ4n) is 2.05. The zero-order valence-electron chi connectivity index (χ0n) is 9.49. The summed E-state index contributed by atoms with van der Waals surface area (Å²) >= 11 is 0. The number of oxazole rings is 1. The number of aryl methyl sites for hydroxylation is 1. The van der Waals surface area contributed by atoms with Gasteiger partial charge in [-0.2, -0.15) is 0 Å². The Kier molecular flexibility index (Phi) is 2.58. The van der Waals surface area contributed by atoms with Crippen molar-refractivity contribution in [1.82, 2.24) is 4.98 Å². The van der Waals surface area contributed by atoms with Crippen LogP contribution < -0.4 is 5.73 Å². The van der Waals surface area contributed by atoms with E-state index in [2.05, 4.69) is 4.98 Å². The van der Waals surface area contributed by atoms with E-state index in [1.54, 1.807) is 0 Å². The van der Waals surface area contributed by atoms with Crippen LogP contribution in [-0.4, -0.2) is 24.9 Å². The summed E-state index contributed by atoms with van der Waals surface area (Å²) in [5.41, 5.74) is 5.77. The molecule has 1 unspecified atom stereocenters. The SMILES string of the molecule is Cc1nc(C2(C)CCS(=O)(=O)C2)oc1CN. The van der Waals surface area contributed by atoms with Gasteiger partial charge in [0.15, 0.2) is 9.84 Å². The molecule has 1 aliphatic rings. The van der Waals surface area contributed by atoms with Gasteiger partial charge in [0.1, 0.15) is 5.76 Å². The fourth-order valence-corrected chi connectivity index (χ4v) is 4.20. The van der Waals surface area contributed by atoms with E-state index in [0.717, 1.165) is 5.69 Å². The minimum absolute atomic E-state index is 0.115. The molecule has 0 bridgehead atoms. The van der Waals surface area contributed by atoms with Crippen LogP contribution in [-0.2, 0) is 21.8 Å². The number of nitrogens with zero attached hydrogens (tertiary/aromatic N) is 1. The van der Waals surface area contributed by atoms with Gasteiger partial charge in [-0.1, -0.05) is 0 Å². The van der Waals surface area contributed by atoms with Gasteiger partial charge in [-0.15, -0.1) is 0 Å². The largest absolute Gasteiger partial charge is 0.443 e. The van der Waals surface area contributed by atoms with Crippen LogP contribution in [0.15, 0.2) is 4.42 Å². The van der Waals surface area contributed by atoms with Gasteiger partial charge in [0.05, 0.1) is 29.2 Å². The van der Waals surface area contributed by atoms with Crippen LogP contribution in [0.2, 0.25) is 0 Å². The third kappa shape index (κ3) is 1.87. The number of hydrogen-bond acceptors (Lipinski definition) is 5. The van der Waals surface area contributed by atoms with E-state index >= 15 is 0 Å². The predicted molar refractivity (Wildman–Crippen MR) is 59.8 cm³/mol. The van der Waals surface area contributed by atoms with Gasteiger partial charge < -0.3 is 10.2 Å². The van der Waals surface area contributed by atoms with Crippen LogP contribution in [0.3, 0.4) is 0 Å². The zero-order valence-corrected chi connectivity index (χ0v) is 10.3. The number of sulfone groups is 1. The van der Waals surface area contributed by atoms with Crippen LogP contribution in [0.4, 0.5) is 0 Å². The molecule has 2 rings (SSSR count). The summed E-state index contributed by atoms with van der Waals surface area (Å²) in [5.74, 6) is 1.47. The van der Waals surface area contributed by atoms with Crippen molar-refractivity contribution in [2.45, 2.75) is 32.2 Å². The normalized spacial score (nSPS) is 28.4. The molecule has 0 amide bonds. The average Bonchev–Trinajstić information content (AvgIpc) is 2.68. The summed E-state index contributed by atoms with van der Waals surface area (Å²) in [6, 6.07) is 0. The lowest BCUT2D eigenvalue weighted by Gasteiger charge is -2.16. The van der Waals surface area contributed by atoms with E-state index in [1.165, 1.54) is 0 Å². The molecule has 1 fully saturated rings. The van der Waals surface area contributed by atoms with Crippen molar-refractivity contribution in [2.75, 3.05) is 11.5 Å². The van der Waals surface area contributed by atoms with E-state index in [9.17, 15) is 8.42 Å². The molecule has 5 nitrogen and oxygen atoms in total. The maximum atomic E-state index is 11.5. The number of aromatic nitrogens is 1. The second-order valence-electron chi connectivity index (χ2n) is 4.63.